The van der Waals surface area contributed by atoms with Gasteiger partial charge in [0.05, 0.1) is 12.8 Å². The molecule has 21 heavy (non-hydrogen) atoms. The van der Waals surface area contributed by atoms with Gasteiger partial charge in [-0.15, -0.1) is 0 Å². The zero-order chi connectivity index (χ0) is 14.8. The van der Waals surface area contributed by atoms with Gasteiger partial charge in [-0.05, 0) is 52.1 Å². The highest BCUT2D eigenvalue weighted by Gasteiger charge is 2.33. The summed E-state index contributed by atoms with van der Waals surface area (Å²) in [7, 11) is 1.73. The third kappa shape index (κ3) is 3.38. The lowest BCUT2D eigenvalue weighted by molar-refractivity contribution is 0.311. The fourth-order valence-electron chi connectivity index (χ4n) is 3.44. The van der Waals surface area contributed by atoms with E-state index in [4.69, 9.17) is 4.74 Å². The number of aromatic nitrogens is 1. The minimum Gasteiger partial charge on any atom is -0.496 e. The number of methoxy groups -OCH3 is 1. The SMILES string of the molecule is COc1c(C)cnc(CNCC2CCN(C3CC3)C2)c1C. The lowest BCUT2D eigenvalue weighted by Crippen LogP contribution is -2.27. The monoisotopic (exact) mass is 289 g/mol. The molecule has 0 radical (unpaired) electrons. The van der Waals surface area contributed by atoms with Crippen molar-refractivity contribution in [3.63, 3.8) is 0 Å². The molecule has 0 bridgehead atoms. The van der Waals surface area contributed by atoms with Gasteiger partial charge in [-0.3, -0.25) is 4.98 Å². The molecule has 1 aromatic rings. The number of rotatable bonds is 6. The summed E-state index contributed by atoms with van der Waals surface area (Å²) in [6, 6.07) is 0.917. The third-order valence-electron chi connectivity index (χ3n) is 4.86. The second-order valence-electron chi connectivity index (χ2n) is 6.56. The number of ether oxygens (including phenoxy) is 1. The maximum absolute atomic E-state index is 5.47. The summed E-state index contributed by atoms with van der Waals surface area (Å²) in [5.74, 6) is 1.78. The Hall–Kier alpha value is -1.13. The smallest absolute Gasteiger partial charge is 0.128 e. The van der Waals surface area contributed by atoms with Crippen molar-refractivity contribution in [2.75, 3.05) is 26.7 Å². The molecule has 1 saturated carbocycles. The molecule has 116 valence electrons. The molecule has 1 saturated heterocycles. The molecule has 2 heterocycles. The standard InChI is InChI=1S/C17H27N3O/c1-12-8-19-16(13(2)17(12)21-3)10-18-9-14-6-7-20(11-14)15-4-5-15/h8,14-15,18H,4-7,9-11H2,1-3H3. The Labute approximate surface area is 127 Å². The van der Waals surface area contributed by atoms with Gasteiger partial charge in [0.15, 0.2) is 0 Å². The van der Waals surface area contributed by atoms with Gasteiger partial charge in [-0.1, -0.05) is 0 Å². The van der Waals surface area contributed by atoms with Crippen molar-refractivity contribution in [1.82, 2.24) is 15.2 Å². The maximum atomic E-state index is 5.47. The predicted molar refractivity (Wildman–Crippen MR) is 84.7 cm³/mol. The average Bonchev–Trinajstić information content (AvgIpc) is 3.22. The summed E-state index contributed by atoms with van der Waals surface area (Å²) in [5.41, 5.74) is 3.38. The van der Waals surface area contributed by atoms with Crippen LogP contribution < -0.4 is 10.1 Å². The van der Waals surface area contributed by atoms with Crippen LogP contribution in [0.1, 0.15) is 36.1 Å². The van der Waals surface area contributed by atoms with E-state index in [2.05, 4.69) is 22.1 Å². The molecule has 1 aliphatic carbocycles. The first kappa shape index (κ1) is 14.8. The van der Waals surface area contributed by atoms with Crippen LogP contribution in [0.5, 0.6) is 5.75 Å². The Kier molecular flexibility index (Phi) is 4.45. The maximum Gasteiger partial charge on any atom is 0.128 e. The predicted octanol–water partition coefficient (Wildman–Crippen LogP) is 2.28. The van der Waals surface area contributed by atoms with Crippen LogP contribution in [0.4, 0.5) is 0 Å². The second-order valence-corrected chi connectivity index (χ2v) is 6.56. The molecule has 1 aromatic heterocycles. The van der Waals surface area contributed by atoms with Gasteiger partial charge < -0.3 is 15.0 Å². The number of hydrogen-bond donors (Lipinski definition) is 1. The van der Waals surface area contributed by atoms with Crippen LogP contribution in [0, 0.1) is 19.8 Å². The summed E-state index contributed by atoms with van der Waals surface area (Å²) in [6.45, 7) is 8.65. The zero-order valence-electron chi connectivity index (χ0n) is 13.5. The lowest BCUT2D eigenvalue weighted by Gasteiger charge is -2.16. The van der Waals surface area contributed by atoms with Crippen LogP contribution in [-0.2, 0) is 6.54 Å². The van der Waals surface area contributed by atoms with E-state index in [0.717, 1.165) is 47.6 Å². The van der Waals surface area contributed by atoms with Crippen molar-refractivity contribution >= 4 is 0 Å². The van der Waals surface area contributed by atoms with Gasteiger partial charge in [-0.25, -0.2) is 0 Å². The van der Waals surface area contributed by atoms with Crippen molar-refractivity contribution in [2.24, 2.45) is 5.92 Å². The highest BCUT2D eigenvalue weighted by Crippen LogP contribution is 2.31. The molecule has 1 unspecified atom stereocenters. The first-order chi connectivity index (χ1) is 10.2. The molecule has 4 nitrogen and oxygen atoms in total. The highest BCUT2D eigenvalue weighted by atomic mass is 16.5. The Morgan fingerprint density at radius 1 is 1.33 bits per heavy atom. The number of hydrogen-bond acceptors (Lipinski definition) is 4. The minimum absolute atomic E-state index is 0.804. The lowest BCUT2D eigenvalue weighted by atomic mass is 10.1. The van der Waals surface area contributed by atoms with Crippen LogP contribution in [0.2, 0.25) is 0 Å². The van der Waals surface area contributed by atoms with Gasteiger partial charge in [0.1, 0.15) is 5.75 Å². The van der Waals surface area contributed by atoms with Crippen molar-refractivity contribution in [3.05, 3.63) is 23.0 Å². The van der Waals surface area contributed by atoms with Crippen molar-refractivity contribution in [3.8, 4) is 5.75 Å². The molecule has 2 fully saturated rings. The third-order valence-corrected chi connectivity index (χ3v) is 4.86. The summed E-state index contributed by atoms with van der Waals surface area (Å²) < 4.78 is 5.47. The van der Waals surface area contributed by atoms with Crippen LogP contribution in [0.3, 0.4) is 0 Å². The number of pyridine rings is 1. The summed E-state index contributed by atoms with van der Waals surface area (Å²) in [5, 5.41) is 3.59. The van der Waals surface area contributed by atoms with Crippen molar-refractivity contribution < 1.29 is 4.74 Å². The average molecular weight is 289 g/mol. The van der Waals surface area contributed by atoms with E-state index in [0.29, 0.717) is 0 Å². The summed E-state index contributed by atoms with van der Waals surface area (Å²) >= 11 is 0. The summed E-state index contributed by atoms with van der Waals surface area (Å²) in [6.07, 6.45) is 6.10. The van der Waals surface area contributed by atoms with Gasteiger partial charge in [0.25, 0.3) is 0 Å². The molecule has 0 spiro atoms. The molecule has 4 heteroatoms. The molecule has 0 aromatic carbocycles. The molecule has 1 aliphatic heterocycles. The Morgan fingerprint density at radius 2 is 2.14 bits per heavy atom. The fourth-order valence-corrected chi connectivity index (χ4v) is 3.44. The van der Waals surface area contributed by atoms with E-state index in [1.54, 1.807) is 7.11 Å². The molecule has 2 aliphatic rings. The van der Waals surface area contributed by atoms with Gasteiger partial charge >= 0.3 is 0 Å². The highest BCUT2D eigenvalue weighted by molar-refractivity contribution is 5.40. The topological polar surface area (TPSA) is 37.4 Å². The number of likely N-dealkylation sites (tertiary alicyclic amines) is 1. The largest absolute Gasteiger partial charge is 0.496 e. The normalized spacial score (nSPS) is 22.7. The molecule has 1 N–H and O–H groups in total. The van der Waals surface area contributed by atoms with E-state index in [9.17, 15) is 0 Å². The van der Waals surface area contributed by atoms with E-state index >= 15 is 0 Å². The fraction of sp³-hybridized carbons (Fsp3) is 0.706. The van der Waals surface area contributed by atoms with Crippen LogP contribution in [0.15, 0.2) is 6.20 Å². The molecular weight excluding hydrogens is 262 g/mol. The number of aryl methyl sites for hydroxylation is 1. The van der Waals surface area contributed by atoms with E-state index in [-0.39, 0.29) is 0 Å². The Bertz CT molecular complexity index is 499. The summed E-state index contributed by atoms with van der Waals surface area (Å²) in [4.78, 5) is 7.22. The van der Waals surface area contributed by atoms with Crippen LogP contribution in [0.25, 0.3) is 0 Å². The van der Waals surface area contributed by atoms with E-state index < -0.39 is 0 Å². The van der Waals surface area contributed by atoms with Crippen LogP contribution in [-0.4, -0.2) is 42.7 Å². The number of nitrogens with zero attached hydrogens (tertiary/aromatic N) is 2. The quantitative estimate of drug-likeness (QED) is 0.872. The van der Waals surface area contributed by atoms with Crippen molar-refractivity contribution in [1.29, 1.82) is 0 Å². The zero-order valence-corrected chi connectivity index (χ0v) is 13.5. The first-order valence-electron chi connectivity index (χ1n) is 8.13. The minimum atomic E-state index is 0.804. The van der Waals surface area contributed by atoms with Crippen LogP contribution >= 0.6 is 0 Å². The van der Waals surface area contributed by atoms with Crippen molar-refractivity contribution in [2.45, 2.75) is 45.7 Å². The molecule has 1 atom stereocenters. The van der Waals surface area contributed by atoms with Gasteiger partial charge in [0, 0.05) is 36.5 Å². The second kappa shape index (κ2) is 6.32. The van der Waals surface area contributed by atoms with E-state index in [1.807, 2.05) is 13.1 Å². The number of nitrogens with one attached hydrogen (secondary N) is 1. The first-order valence-corrected chi connectivity index (χ1v) is 8.13. The Morgan fingerprint density at radius 3 is 2.86 bits per heavy atom. The van der Waals surface area contributed by atoms with E-state index in [1.165, 1.54) is 32.4 Å². The Balaban J connectivity index is 1.49. The van der Waals surface area contributed by atoms with Gasteiger partial charge in [-0.2, -0.15) is 0 Å². The van der Waals surface area contributed by atoms with Gasteiger partial charge in [0.2, 0.25) is 0 Å². The molecular formula is C17H27N3O. The molecule has 3 rings (SSSR count). The molecule has 0 amide bonds.